The molecule has 0 fully saturated rings. The van der Waals surface area contributed by atoms with Crippen molar-refractivity contribution in [2.75, 3.05) is 14.2 Å². The molecule has 0 aliphatic rings. The van der Waals surface area contributed by atoms with Gasteiger partial charge in [-0.25, -0.2) is 0 Å². The van der Waals surface area contributed by atoms with Gasteiger partial charge in [0.15, 0.2) is 22.7 Å². The largest absolute Gasteiger partial charge is 0.504 e. The first kappa shape index (κ1) is 39.9. The second kappa shape index (κ2) is 17.8. The fourth-order valence-corrected chi connectivity index (χ4v) is 6.23. The highest BCUT2D eigenvalue weighted by molar-refractivity contribution is 6.28. The van der Waals surface area contributed by atoms with Crippen molar-refractivity contribution in [1.29, 1.82) is 0 Å². The molecule has 4 aromatic heterocycles. The SMILES string of the molecule is COc1c(O)c(C)c(C)n(Cc2ccccc2)c1=O.COc1c(Oc2nc3ccccc3o2)c(C)c(C)n(Cc2ccccc2)c1=O.Clc1nc2ccccc2o1. The third-order valence-corrected chi connectivity index (χ3v) is 9.56. The number of hydrogen-bond acceptors (Lipinski definition) is 10. The van der Waals surface area contributed by atoms with Gasteiger partial charge in [0.05, 0.1) is 27.3 Å². The first-order valence-electron chi connectivity index (χ1n) is 17.9. The Kier molecular flexibility index (Phi) is 12.4. The van der Waals surface area contributed by atoms with Gasteiger partial charge < -0.3 is 37.3 Å². The van der Waals surface area contributed by atoms with Crippen LogP contribution in [0.3, 0.4) is 0 Å². The lowest BCUT2D eigenvalue weighted by Gasteiger charge is -2.18. The normalized spacial score (nSPS) is 10.7. The smallest absolute Gasteiger partial charge is 0.400 e. The molecule has 0 spiro atoms. The minimum Gasteiger partial charge on any atom is -0.504 e. The van der Waals surface area contributed by atoms with E-state index in [0.29, 0.717) is 35.5 Å². The van der Waals surface area contributed by atoms with Crippen LogP contribution in [0, 0.1) is 27.7 Å². The summed E-state index contributed by atoms with van der Waals surface area (Å²) in [4.78, 5) is 33.6. The summed E-state index contributed by atoms with van der Waals surface area (Å²) >= 11 is 5.51. The lowest BCUT2D eigenvalue weighted by molar-refractivity contribution is 0.312. The molecule has 0 atom stereocenters. The third kappa shape index (κ3) is 8.87. The molecule has 0 amide bonds. The second-order valence-corrected chi connectivity index (χ2v) is 13.2. The van der Waals surface area contributed by atoms with E-state index in [1.165, 1.54) is 14.2 Å². The van der Waals surface area contributed by atoms with Crippen molar-refractivity contribution in [2.24, 2.45) is 0 Å². The predicted molar refractivity (Wildman–Crippen MR) is 219 cm³/mol. The van der Waals surface area contributed by atoms with Crippen molar-refractivity contribution in [3.05, 3.63) is 169 Å². The Morgan fingerprint density at radius 2 is 1.05 bits per heavy atom. The molecular formula is C44H41ClN4O8. The summed E-state index contributed by atoms with van der Waals surface area (Å²) in [6.07, 6.45) is 0.0715. The van der Waals surface area contributed by atoms with Crippen molar-refractivity contribution >= 4 is 33.8 Å². The van der Waals surface area contributed by atoms with Gasteiger partial charge in [-0.15, -0.1) is 0 Å². The van der Waals surface area contributed by atoms with Gasteiger partial charge in [0.1, 0.15) is 11.0 Å². The molecule has 4 heterocycles. The van der Waals surface area contributed by atoms with Crippen LogP contribution in [-0.2, 0) is 13.1 Å². The molecule has 0 bridgehead atoms. The zero-order valence-electron chi connectivity index (χ0n) is 32.3. The molecule has 13 heteroatoms. The molecule has 292 valence electrons. The highest BCUT2D eigenvalue weighted by Crippen LogP contribution is 2.35. The summed E-state index contributed by atoms with van der Waals surface area (Å²) < 4.78 is 30.2. The maximum Gasteiger partial charge on any atom is 0.400 e. The van der Waals surface area contributed by atoms with Crippen LogP contribution in [0.5, 0.6) is 29.1 Å². The molecule has 0 aliphatic heterocycles. The van der Waals surface area contributed by atoms with Gasteiger partial charge in [-0.3, -0.25) is 9.59 Å². The molecule has 0 unspecified atom stereocenters. The average molecular weight is 789 g/mol. The minimum absolute atomic E-state index is 0.000897. The van der Waals surface area contributed by atoms with Crippen LogP contribution in [0.1, 0.15) is 33.6 Å². The van der Waals surface area contributed by atoms with E-state index >= 15 is 0 Å². The van der Waals surface area contributed by atoms with Crippen LogP contribution in [0.25, 0.3) is 22.2 Å². The summed E-state index contributed by atoms with van der Waals surface area (Å²) in [5.41, 5.74) is 7.29. The van der Waals surface area contributed by atoms with E-state index in [0.717, 1.165) is 39.2 Å². The predicted octanol–water partition coefficient (Wildman–Crippen LogP) is 9.16. The number of fused-ring (bicyclic) bond motifs is 2. The van der Waals surface area contributed by atoms with E-state index in [1.54, 1.807) is 16.1 Å². The van der Waals surface area contributed by atoms with Gasteiger partial charge >= 0.3 is 6.08 Å². The van der Waals surface area contributed by atoms with E-state index < -0.39 is 0 Å². The van der Waals surface area contributed by atoms with Crippen molar-refractivity contribution in [3.63, 3.8) is 0 Å². The number of methoxy groups -OCH3 is 2. The number of nitrogens with zero attached hydrogens (tertiary/aromatic N) is 4. The molecule has 57 heavy (non-hydrogen) atoms. The number of ether oxygens (including phenoxy) is 3. The van der Waals surface area contributed by atoms with Crippen LogP contribution < -0.4 is 25.3 Å². The fourth-order valence-electron chi connectivity index (χ4n) is 6.06. The maximum absolute atomic E-state index is 13.1. The van der Waals surface area contributed by atoms with E-state index in [2.05, 4.69) is 9.97 Å². The molecule has 0 radical (unpaired) electrons. The maximum atomic E-state index is 13.1. The van der Waals surface area contributed by atoms with Crippen molar-refractivity contribution in [1.82, 2.24) is 19.1 Å². The quantitative estimate of drug-likeness (QED) is 0.158. The Labute approximate surface area is 333 Å². The number of benzene rings is 4. The molecule has 1 N–H and O–H groups in total. The standard InChI is InChI=1S/C22H20N2O4.C15H17NO3.C7H4ClNO/c1-14-15(2)24(13-16-9-5-4-6-10-16)21(25)20(26-3)19(14)28-22-23-17-11-7-8-12-18(17)27-22;1-10-11(2)16(9-12-7-5-4-6-8-12)15(18)14(19-3)13(10)17;8-7-9-5-3-1-2-4-6(5)10-7/h4-12H,13H2,1-3H3;4-8,17H,9H2,1-3H3;1-4H. The van der Waals surface area contributed by atoms with E-state index in [4.69, 9.17) is 34.6 Å². The summed E-state index contributed by atoms with van der Waals surface area (Å²) in [6.45, 7) is 8.27. The van der Waals surface area contributed by atoms with Crippen LogP contribution in [0.15, 0.2) is 128 Å². The van der Waals surface area contributed by atoms with Crippen molar-refractivity contribution in [3.8, 4) is 29.1 Å². The molecule has 0 saturated heterocycles. The van der Waals surface area contributed by atoms with Gasteiger partial charge in [0.2, 0.25) is 11.5 Å². The molecule has 4 aromatic carbocycles. The number of halogens is 1. The Morgan fingerprint density at radius 1 is 0.596 bits per heavy atom. The second-order valence-electron chi connectivity index (χ2n) is 12.9. The molecule has 8 aromatic rings. The molecule has 0 aliphatic carbocycles. The average Bonchev–Trinajstić information content (AvgIpc) is 3.83. The third-order valence-electron chi connectivity index (χ3n) is 9.40. The Morgan fingerprint density at radius 3 is 1.56 bits per heavy atom. The molecule has 8 rings (SSSR count). The topological polar surface area (TPSA) is 144 Å². The monoisotopic (exact) mass is 788 g/mol. The van der Waals surface area contributed by atoms with Crippen LogP contribution in [0.4, 0.5) is 0 Å². The van der Waals surface area contributed by atoms with E-state index in [-0.39, 0.29) is 39.8 Å². The molecular weight excluding hydrogens is 748 g/mol. The van der Waals surface area contributed by atoms with Crippen LogP contribution in [0.2, 0.25) is 5.35 Å². The first-order valence-corrected chi connectivity index (χ1v) is 18.3. The fraction of sp³-hybridized carbons (Fsp3) is 0.182. The summed E-state index contributed by atoms with van der Waals surface area (Å²) in [7, 11) is 2.84. The van der Waals surface area contributed by atoms with E-state index in [1.807, 2.05) is 130 Å². The lowest BCUT2D eigenvalue weighted by Crippen LogP contribution is -2.25. The van der Waals surface area contributed by atoms with Crippen LogP contribution in [-0.4, -0.2) is 38.4 Å². The lowest BCUT2D eigenvalue weighted by atomic mass is 10.1. The Bertz CT molecular complexity index is 2690. The summed E-state index contributed by atoms with van der Waals surface area (Å²) in [5, 5.41) is 10.1. The van der Waals surface area contributed by atoms with Gasteiger partial charge in [-0.2, -0.15) is 9.97 Å². The highest BCUT2D eigenvalue weighted by Gasteiger charge is 2.22. The van der Waals surface area contributed by atoms with Crippen molar-refractivity contribution in [2.45, 2.75) is 40.8 Å². The zero-order valence-corrected chi connectivity index (χ0v) is 33.0. The molecule has 0 saturated carbocycles. The Balaban J connectivity index is 0.000000162. The number of oxazole rings is 2. The van der Waals surface area contributed by atoms with E-state index in [9.17, 15) is 14.7 Å². The minimum atomic E-state index is -0.313. The number of rotatable bonds is 8. The van der Waals surface area contributed by atoms with Gasteiger partial charge in [0, 0.05) is 22.5 Å². The zero-order chi connectivity index (χ0) is 40.6. The van der Waals surface area contributed by atoms with Gasteiger partial charge in [0.25, 0.3) is 16.5 Å². The molecule has 12 nitrogen and oxygen atoms in total. The van der Waals surface area contributed by atoms with Crippen LogP contribution >= 0.6 is 11.6 Å². The summed E-state index contributed by atoms with van der Waals surface area (Å²) in [5.74, 6) is 0.371. The number of para-hydroxylation sites is 4. The number of pyridine rings is 2. The number of hydrogen-bond donors (Lipinski definition) is 1. The van der Waals surface area contributed by atoms with Gasteiger partial charge in [-0.1, -0.05) is 84.9 Å². The number of aromatic nitrogens is 4. The van der Waals surface area contributed by atoms with Gasteiger partial charge in [-0.05, 0) is 74.7 Å². The Hall–Kier alpha value is -6.79. The first-order chi connectivity index (χ1) is 27.5. The summed E-state index contributed by atoms with van der Waals surface area (Å²) in [6, 6.07) is 34.3. The highest BCUT2D eigenvalue weighted by atomic mass is 35.5. The van der Waals surface area contributed by atoms with Crippen molar-refractivity contribution < 1.29 is 28.2 Å². The number of aromatic hydroxyl groups is 1.